The van der Waals surface area contributed by atoms with E-state index in [-0.39, 0.29) is 29.8 Å². The number of carbonyl (C=O) groups excluding carboxylic acids is 2. The molecule has 0 spiro atoms. The smallest absolute Gasteiger partial charge is 0.455 e. The fourth-order valence-corrected chi connectivity index (χ4v) is 6.59. The Morgan fingerprint density at radius 1 is 1.08 bits per heavy atom. The average Bonchev–Trinajstić information content (AvgIpc) is 3.08. The van der Waals surface area contributed by atoms with Crippen LogP contribution in [0.2, 0.25) is 6.32 Å². The highest BCUT2D eigenvalue weighted by Gasteiger charge is 2.55. The minimum atomic E-state index is -0.967. The van der Waals surface area contributed by atoms with Gasteiger partial charge in [0, 0.05) is 7.05 Å². The van der Waals surface area contributed by atoms with Gasteiger partial charge in [-0.15, -0.1) is 0 Å². The zero-order chi connectivity index (χ0) is 26.4. The van der Waals surface area contributed by atoms with Gasteiger partial charge >= 0.3 is 7.12 Å². The summed E-state index contributed by atoms with van der Waals surface area (Å²) < 4.78 is 6.08. The number of phenols is 1. The predicted molar refractivity (Wildman–Crippen MR) is 144 cm³/mol. The van der Waals surface area contributed by atoms with Crippen LogP contribution in [0.5, 0.6) is 5.75 Å². The number of aryl methyl sites for hydroxylation is 2. The maximum absolute atomic E-state index is 13.0. The van der Waals surface area contributed by atoms with Crippen LogP contribution in [0.3, 0.4) is 0 Å². The fraction of sp³-hybridized carbons (Fsp3) is 0.400. The van der Waals surface area contributed by atoms with Crippen molar-refractivity contribution in [2.45, 2.75) is 52.5 Å². The third-order valence-electron chi connectivity index (χ3n) is 8.35. The van der Waals surface area contributed by atoms with Gasteiger partial charge in [-0.05, 0) is 97.8 Å². The Balaban J connectivity index is 1.46. The SMILES string of the molecule is CC1=C2[C@@H](CC/C(=C/c3cc(C)c(O)c(C)c3)c3ccccc3)OB(O)C[C@@H]2[C@@H]2C(=O)N(C)C(=O)[C@@H]2C1. The van der Waals surface area contributed by atoms with Crippen molar-refractivity contribution in [1.82, 2.24) is 4.90 Å². The molecule has 2 aliphatic heterocycles. The maximum Gasteiger partial charge on any atom is 0.455 e. The molecule has 0 bridgehead atoms. The first-order valence-electron chi connectivity index (χ1n) is 13.1. The lowest BCUT2D eigenvalue weighted by molar-refractivity contribution is -0.138. The number of hydrogen-bond acceptors (Lipinski definition) is 5. The van der Waals surface area contributed by atoms with Crippen molar-refractivity contribution in [3.63, 3.8) is 0 Å². The standard InChI is InChI=1S/C30H34BNO5/c1-17-14-23-27(30(35)32(4)29(23)34)24-16-31(36)37-25(26(17)24)11-10-22(21-8-6-5-7-9-21)15-20-12-18(2)28(33)19(3)13-20/h5-9,12-13,15,23-25,27,33,36H,10-11,14,16H2,1-4H3/b22-15-/t23-,24+,25-,27-/m1/s1. The number of aromatic hydroxyl groups is 1. The Bertz CT molecular complexity index is 1280. The topological polar surface area (TPSA) is 87.1 Å². The number of hydrogen-bond donors (Lipinski definition) is 2. The van der Waals surface area contributed by atoms with Gasteiger partial charge in [0.2, 0.25) is 11.8 Å². The second-order valence-electron chi connectivity index (χ2n) is 10.8. The first kappa shape index (κ1) is 25.5. The van der Waals surface area contributed by atoms with E-state index in [0.717, 1.165) is 39.0 Å². The van der Waals surface area contributed by atoms with Crippen LogP contribution in [0.1, 0.15) is 48.4 Å². The summed E-state index contributed by atoms with van der Waals surface area (Å²) in [5.41, 5.74) is 7.11. The first-order chi connectivity index (χ1) is 17.7. The van der Waals surface area contributed by atoms with E-state index in [1.165, 1.54) is 4.90 Å². The Morgan fingerprint density at radius 3 is 2.43 bits per heavy atom. The molecule has 7 heteroatoms. The van der Waals surface area contributed by atoms with Gasteiger partial charge in [0.1, 0.15) is 5.75 Å². The maximum atomic E-state index is 13.0. The van der Waals surface area contributed by atoms with E-state index >= 15 is 0 Å². The second-order valence-corrected chi connectivity index (χ2v) is 10.8. The van der Waals surface area contributed by atoms with Gasteiger partial charge in [0.05, 0.1) is 17.9 Å². The number of imide groups is 1. The van der Waals surface area contributed by atoms with E-state index in [4.69, 9.17) is 4.65 Å². The summed E-state index contributed by atoms with van der Waals surface area (Å²) in [5.74, 6) is -0.860. The summed E-state index contributed by atoms with van der Waals surface area (Å²) in [4.78, 5) is 27.0. The van der Waals surface area contributed by atoms with Crippen LogP contribution in [0, 0.1) is 31.6 Å². The number of phenolic OH excluding ortho intramolecular Hbond substituents is 1. The van der Waals surface area contributed by atoms with Crippen molar-refractivity contribution in [2.24, 2.45) is 17.8 Å². The lowest BCUT2D eigenvalue weighted by atomic mass is 9.58. The third kappa shape index (κ3) is 4.67. The van der Waals surface area contributed by atoms with Crippen LogP contribution < -0.4 is 0 Å². The molecule has 0 unspecified atom stereocenters. The Morgan fingerprint density at radius 2 is 1.76 bits per heavy atom. The van der Waals surface area contributed by atoms with Gasteiger partial charge in [0.15, 0.2) is 0 Å². The molecule has 192 valence electrons. The van der Waals surface area contributed by atoms with E-state index in [0.29, 0.717) is 31.3 Å². The van der Waals surface area contributed by atoms with Crippen LogP contribution >= 0.6 is 0 Å². The molecule has 2 saturated heterocycles. The molecule has 0 saturated carbocycles. The zero-order valence-electron chi connectivity index (χ0n) is 21.9. The molecule has 0 radical (unpaired) electrons. The summed E-state index contributed by atoms with van der Waals surface area (Å²) >= 11 is 0. The zero-order valence-corrected chi connectivity index (χ0v) is 21.9. The van der Waals surface area contributed by atoms with Crippen LogP contribution in [-0.2, 0) is 14.2 Å². The number of nitrogens with zero attached hydrogens (tertiary/aromatic N) is 1. The number of rotatable bonds is 5. The summed E-state index contributed by atoms with van der Waals surface area (Å²) in [7, 11) is 0.597. The Hall–Kier alpha value is -3.16. The van der Waals surface area contributed by atoms with Crippen LogP contribution in [0.15, 0.2) is 53.6 Å². The van der Waals surface area contributed by atoms with Crippen molar-refractivity contribution in [1.29, 1.82) is 0 Å². The fourth-order valence-electron chi connectivity index (χ4n) is 6.59. The van der Waals surface area contributed by atoms with Gasteiger partial charge in [-0.1, -0.05) is 42.0 Å². The molecular weight excluding hydrogens is 465 g/mol. The number of likely N-dealkylation sites (tertiary alicyclic amines) is 1. The highest BCUT2D eigenvalue weighted by molar-refractivity contribution is 6.43. The van der Waals surface area contributed by atoms with Crippen molar-refractivity contribution in [3.8, 4) is 5.75 Å². The summed E-state index contributed by atoms with van der Waals surface area (Å²) in [6.07, 6.45) is 4.08. The van der Waals surface area contributed by atoms with Gasteiger partial charge < -0.3 is 14.8 Å². The molecular formula is C30H34BNO5. The van der Waals surface area contributed by atoms with Crippen LogP contribution in [-0.4, -0.2) is 47.1 Å². The number of benzene rings is 2. The third-order valence-corrected chi connectivity index (χ3v) is 8.35. The molecule has 1 aliphatic carbocycles. The molecule has 6 nitrogen and oxygen atoms in total. The molecule has 2 aromatic rings. The highest BCUT2D eigenvalue weighted by Crippen LogP contribution is 2.50. The molecule has 2 N–H and O–H groups in total. The number of fused-ring (bicyclic) bond motifs is 3. The van der Waals surface area contributed by atoms with Gasteiger partial charge in [-0.2, -0.15) is 0 Å². The number of amides is 2. The second kappa shape index (κ2) is 9.95. The van der Waals surface area contributed by atoms with Crippen molar-refractivity contribution >= 4 is 30.6 Å². The van der Waals surface area contributed by atoms with Gasteiger partial charge in [0.25, 0.3) is 0 Å². The molecule has 0 aromatic heterocycles. The normalized spacial score (nSPS) is 26.0. The number of carbonyl (C=O) groups is 2. The van der Waals surface area contributed by atoms with E-state index in [2.05, 4.69) is 18.2 Å². The van der Waals surface area contributed by atoms with Gasteiger partial charge in [-0.25, -0.2) is 0 Å². The minimum absolute atomic E-state index is 0.111. The molecule has 2 fully saturated rings. The molecule has 37 heavy (non-hydrogen) atoms. The van der Waals surface area contributed by atoms with Crippen molar-refractivity contribution < 1.29 is 24.4 Å². The van der Waals surface area contributed by atoms with Crippen LogP contribution in [0.25, 0.3) is 11.6 Å². The number of allylic oxidation sites excluding steroid dienone is 2. The van der Waals surface area contributed by atoms with Crippen molar-refractivity contribution in [3.05, 3.63) is 75.9 Å². The van der Waals surface area contributed by atoms with E-state index in [9.17, 15) is 19.7 Å². The average molecular weight is 499 g/mol. The quantitative estimate of drug-likeness (QED) is 0.268. The monoisotopic (exact) mass is 499 g/mol. The highest BCUT2D eigenvalue weighted by atomic mass is 16.5. The Labute approximate surface area is 218 Å². The Kier molecular flexibility index (Phi) is 6.86. The van der Waals surface area contributed by atoms with Crippen LogP contribution in [0.4, 0.5) is 0 Å². The minimum Gasteiger partial charge on any atom is -0.507 e. The predicted octanol–water partition coefficient (Wildman–Crippen LogP) is 4.78. The van der Waals surface area contributed by atoms with Gasteiger partial charge in [-0.3, -0.25) is 14.5 Å². The molecule has 2 heterocycles. The summed E-state index contributed by atoms with van der Waals surface area (Å²) in [6.45, 7) is 5.84. The lowest BCUT2D eigenvalue weighted by Gasteiger charge is -2.42. The van der Waals surface area contributed by atoms with Crippen molar-refractivity contribution in [2.75, 3.05) is 7.05 Å². The van der Waals surface area contributed by atoms with E-state index in [1.54, 1.807) is 7.05 Å². The largest absolute Gasteiger partial charge is 0.507 e. The molecule has 4 atom stereocenters. The lowest BCUT2D eigenvalue weighted by Crippen LogP contribution is -2.45. The van der Waals surface area contributed by atoms with E-state index in [1.807, 2.05) is 51.1 Å². The molecule has 3 aliphatic rings. The summed E-state index contributed by atoms with van der Waals surface area (Å²) in [6, 6.07) is 14.1. The molecule has 2 amide bonds. The van der Waals surface area contributed by atoms with E-state index < -0.39 is 13.0 Å². The first-order valence-corrected chi connectivity index (χ1v) is 13.1. The molecule has 5 rings (SSSR count). The summed E-state index contributed by atoms with van der Waals surface area (Å²) in [5, 5.41) is 20.9. The molecule has 2 aromatic carbocycles.